The number of carbonyl (C=O) groups excluding carboxylic acids is 1. The number of anilines is 2. The molecule has 0 fully saturated rings. The summed E-state index contributed by atoms with van der Waals surface area (Å²) in [5.74, 6) is -0.171. The van der Waals surface area contributed by atoms with Gasteiger partial charge in [0.1, 0.15) is 0 Å². The molecule has 0 spiro atoms. The number of ether oxygens (including phenoxy) is 1. The van der Waals surface area contributed by atoms with E-state index < -0.39 is 15.9 Å². The Bertz CT molecular complexity index is 1140. The minimum absolute atomic E-state index is 0.00237. The van der Waals surface area contributed by atoms with Crippen molar-refractivity contribution in [3.8, 4) is 5.88 Å². The van der Waals surface area contributed by atoms with Gasteiger partial charge in [0.15, 0.2) is 0 Å². The van der Waals surface area contributed by atoms with Crippen LogP contribution >= 0.6 is 23.2 Å². The van der Waals surface area contributed by atoms with Crippen molar-refractivity contribution in [2.75, 3.05) is 17.1 Å². The summed E-state index contributed by atoms with van der Waals surface area (Å²) in [6.45, 7) is 0. The van der Waals surface area contributed by atoms with Crippen LogP contribution in [0, 0.1) is 0 Å². The molecule has 3 rings (SSSR count). The zero-order valence-electron chi connectivity index (χ0n) is 15.0. The Hall–Kier alpha value is -2.81. The second-order valence-corrected chi connectivity index (χ2v) is 8.35. The van der Waals surface area contributed by atoms with Crippen molar-refractivity contribution in [1.82, 2.24) is 4.98 Å². The van der Waals surface area contributed by atoms with Crippen LogP contribution in [0.1, 0.15) is 10.4 Å². The number of pyridine rings is 1. The van der Waals surface area contributed by atoms with Gasteiger partial charge < -0.3 is 10.1 Å². The highest BCUT2D eigenvalue weighted by atomic mass is 35.5. The Morgan fingerprint density at radius 1 is 1.00 bits per heavy atom. The lowest BCUT2D eigenvalue weighted by molar-refractivity contribution is 0.102. The number of amides is 1. The fraction of sp³-hybridized carbons (Fsp3) is 0.0526. The van der Waals surface area contributed by atoms with E-state index in [-0.39, 0.29) is 21.2 Å². The summed E-state index contributed by atoms with van der Waals surface area (Å²) in [7, 11) is -2.46. The van der Waals surface area contributed by atoms with E-state index >= 15 is 0 Å². The Kier molecular flexibility index (Phi) is 6.26. The van der Waals surface area contributed by atoms with E-state index in [0.29, 0.717) is 16.6 Å². The van der Waals surface area contributed by atoms with Gasteiger partial charge in [-0.1, -0.05) is 23.2 Å². The molecule has 1 aromatic heterocycles. The molecule has 10 heteroatoms. The van der Waals surface area contributed by atoms with Crippen LogP contribution in [-0.2, 0) is 10.0 Å². The summed E-state index contributed by atoms with van der Waals surface area (Å²) in [5.41, 5.74) is 0.525. The smallest absolute Gasteiger partial charge is 0.261 e. The molecular formula is C19H15Cl2N3O4S. The minimum atomic E-state index is -3.94. The Morgan fingerprint density at radius 2 is 1.69 bits per heavy atom. The van der Waals surface area contributed by atoms with Crippen molar-refractivity contribution < 1.29 is 17.9 Å². The first-order valence-electron chi connectivity index (χ1n) is 8.18. The second-order valence-electron chi connectivity index (χ2n) is 5.79. The predicted octanol–water partition coefficient (Wildman–Crippen LogP) is 4.45. The fourth-order valence-corrected chi connectivity index (χ4v) is 3.76. The molecule has 0 saturated carbocycles. The molecule has 0 atom stereocenters. The third-order valence-corrected chi connectivity index (χ3v) is 5.67. The van der Waals surface area contributed by atoms with Crippen LogP contribution in [0.5, 0.6) is 5.88 Å². The number of rotatable bonds is 6. The highest BCUT2D eigenvalue weighted by Crippen LogP contribution is 2.25. The molecular weight excluding hydrogens is 437 g/mol. The normalized spacial score (nSPS) is 11.0. The Balaban J connectivity index is 1.88. The lowest BCUT2D eigenvalue weighted by Crippen LogP contribution is -2.18. The van der Waals surface area contributed by atoms with Gasteiger partial charge in [-0.15, -0.1) is 0 Å². The summed E-state index contributed by atoms with van der Waals surface area (Å²) in [6, 6.07) is 13.1. The van der Waals surface area contributed by atoms with Gasteiger partial charge in [0.05, 0.1) is 35.1 Å². The molecule has 150 valence electrons. The lowest BCUT2D eigenvalue weighted by atomic mass is 10.1. The van der Waals surface area contributed by atoms with E-state index in [0.717, 1.165) is 0 Å². The predicted molar refractivity (Wildman–Crippen MR) is 112 cm³/mol. The number of nitrogens with zero attached hydrogens (tertiary/aromatic N) is 1. The molecule has 0 unspecified atom stereocenters. The number of nitrogens with one attached hydrogen (secondary N) is 2. The molecule has 0 radical (unpaired) electrons. The summed E-state index contributed by atoms with van der Waals surface area (Å²) >= 11 is 11.8. The molecule has 0 aliphatic carbocycles. The monoisotopic (exact) mass is 451 g/mol. The zero-order chi connectivity index (χ0) is 21.0. The first-order chi connectivity index (χ1) is 13.8. The topological polar surface area (TPSA) is 97.4 Å². The van der Waals surface area contributed by atoms with Crippen LogP contribution in [0.25, 0.3) is 0 Å². The summed E-state index contributed by atoms with van der Waals surface area (Å²) in [6.07, 6.45) is 1.42. The van der Waals surface area contributed by atoms with Gasteiger partial charge in [-0.2, -0.15) is 0 Å². The van der Waals surface area contributed by atoms with E-state index in [1.165, 1.54) is 55.8 Å². The maximum Gasteiger partial charge on any atom is 0.261 e. The maximum absolute atomic E-state index is 12.7. The molecule has 0 saturated heterocycles. The number of carbonyl (C=O) groups is 1. The van der Waals surface area contributed by atoms with Crippen molar-refractivity contribution >= 4 is 50.5 Å². The number of aromatic nitrogens is 1. The van der Waals surface area contributed by atoms with Crippen LogP contribution in [0.4, 0.5) is 11.4 Å². The molecule has 2 N–H and O–H groups in total. The summed E-state index contributed by atoms with van der Waals surface area (Å²) in [4.78, 5) is 16.7. The van der Waals surface area contributed by atoms with Crippen molar-refractivity contribution in [2.45, 2.75) is 4.90 Å². The van der Waals surface area contributed by atoms with Gasteiger partial charge >= 0.3 is 0 Å². The van der Waals surface area contributed by atoms with E-state index in [4.69, 9.17) is 27.9 Å². The number of hydrogen-bond acceptors (Lipinski definition) is 5. The molecule has 7 nitrogen and oxygen atoms in total. The molecule has 0 aliphatic rings. The Morgan fingerprint density at radius 3 is 2.31 bits per heavy atom. The third kappa shape index (κ3) is 5.17. The molecule has 0 aliphatic heterocycles. The SMILES string of the molecule is COc1ccc(NC(=O)c2cc(Cl)ccc2NS(=O)(=O)c2ccc(Cl)cc2)cn1. The summed E-state index contributed by atoms with van der Waals surface area (Å²) in [5, 5.41) is 3.32. The molecule has 3 aromatic rings. The minimum Gasteiger partial charge on any atom is -0.481 e. The summed E-state index contributed by atoms with van der Waals surface area (Å²) < 4.78 is 32.7. The van der Waals surface area contributed by atoms with Crippen molar-refractivity contribution in [3.63, 3.8) is 0 Å². The maximum atomic E-state index is 12.7. The molecule has 1 heterocycles. The molecule has 2 aromatic carbocycles. The fourth-order valence-electron chi connectivity index (χ4n) is 2.38. The van der Waals surface area contributed by atoms with Crippen LogP contribution in [0.2, 0.25) is 10.0 Å². The van der Waals surface area contributed by atoms with Gasteiger partial charge in [-0.3, -0.25) is 9.52 Å². The van der Waals surface area contributed by atoms with Crippen molar-refractivity contribution in [3.05, 3.63) is 76.4 Å². The molecule has 0 bridgehead atoms. The van der Waals surface area contributed by atoms with Crippen molar-refractivity contribution in [2.24, 2.45) is 0 Å². The largest absolute Gasteiger partial charge is 0.481 e. The standard InChI is InChI=1S/C19H15Cl2N3O4S/c1-28-18-9-5-14(11-22-18)23-19(25)16-10-13(21)4-8-17(16)24-29(26,27)15-6-2-12(20)3-7-15/h2-11,24H,1H3,(H,23,25). The first-order valence-corrected chi connectivity index (χ1v) is 10.4. The van der Waals surface area contributed by atoms with E-state index in [9.17, 15) is 13.2 Å². The van der Waals surface area contributed by atoms with Gasteiger partial charge in [-0.25, -0.2) is 13.4 Å². The average Bonchev–Trinajstić information content (AvgIpc) is 2.70. The quantitative estimate of drug-likeness (QED) is 0.576. The second kappa shape index (κ2) is 8.69. The highest BCUT2D eigenvalue weighted by molar-refractivity contribution is 7.92. The van der Waals surface area contributed by atoms with E-state index in [1.807, 2.05) is 0 Å². The third-order valence-electron chi connectivity index (χ3n) is 3.80. The van der Waals surface area contributed by atoms with Gasteiger partial charge in [0.2, 0.25) is 5.88 Å². The highest BCUT2D eigenvalue weighted by Gasteiger charge is 2.19. The van der Waals surface area contributed by atoms with Crippen LogP contribution in [0.3, 0.4) is 0 Å². The molecule has 29 heavy (non-hydrogen) atoms. The number of benzene rings is 2. The van der Waals surface area contributed by atoms with Crippen LogP contribution in [0.15, 0.2) is 65.7 Å². The van der Waals surface area contributed by atoms with Crippen molar-refractivity contribution in [1.29, 1.82) is 0 Å². The first kappa shape index (κ1) is 20.9. The van der Waals surface area contributed by atoms with Gasteiger partial charge in [0, 0.05) is 16.1 Å². The number of sulfonamides is 1. The average molecular weight is 452 g/mol. The Labute approximate surface area is 177 Å². The van der Waals surface area contributed by atoms with Crippen LogP contribution < -0.4 is 14.8 Å². The lowest BCUT2D eigenvalue weighted by Gasteiger charge is -2.13. The van der Waals surface area contributed by atoms with E-state index in [1.54, 1.807) is 12.1 Å². The molecule has 1 amide bonds. The number of halogens is 2. The zero-order valence-corrected chi connectivity index (χ0v) is 17.3. The van der Waals surface area contributed by atoms with Gasteiger partial charge in [0.25, 0.3) is 15.9 Å². The van der Waals surface area contributed by atoms with E-state index in [2.05, 4.69) is 15.0 Å². The number of methoxy groups -OCH3 is 1. The van der Waals surface area contributed by atoms with Crippen LogP contribution in [-0.4, -0.2) is 26.4 Å². The number of hydrogen-bond donors (Lipinski definition) is 2. The van der Waals surface area contributed by atoms with Gasteiger partial charge in [-0.05, 0) is 48.5 Å².